The van der Waals surface area contributed by atoms with E-state index in [2.05, 4.69) is 0 Å². The summed E-state index contributed by atoms with van der Waals surface area (Å²) < 4.78 is 38.3. The summed E-state index contributed by atoms with van der Waals surface area (Å²) in [5, 5.41) is 29.4. The summed E-state index contributed by atoms with van der Waals surface area (Å²) in [5.74, 6) is -2.77. The van der Waals surface area contributed by atoms with Crippen molar-refractivity contribution in [3.05, 3.63) is 42.0 Å². The van der Waals surface area contributed by atoms with Gasteiger partial charge in [-0.1, -0.05) is 18.2 Å². The van der Waals surface area contributed by atoms with Crippen LogP contribution in [0.2, 0.25) is 0 Å². The largest absolute Gasteiger partial charge is 0.485 e. The highest BCUT2D eigenvalue weighted by atomic mass is 19.1. The van der Waals surface area contributed by atoms with Gasteiger partial charge in [-0.3, -0.25) is 4.79 Å². The Morgan fingerprint density at radius 1 is 1.29 bits per heavy atom. The molecule has 172 valence electrons. The molecule has 6 nitrogen and oxygen atoms in total. The number of hydrogen-bond acceptors (Lipinski definition) is 5. The highest BCUT2D eigenvalue weighted by Crippen LogP contribution is 2.42. The van der Waals surface area contributed by atoms with E-state index in [1.165, 1.54) is 12.1 Å². The van der Waals surface area contributed by atoms with Gasteiger partial charge in [0.2, 0.25) is 0 Å². The Bertz CT molecular complexity index is 750. The zero-order valence-corrected chi connectivity index (χ0v) is 17.3. The summed E-state index contributed by atoms with van der Waals surface area (Å²) in [4.78, 5) is 10.7. The number of halogens is 2. The zero-order valence-electron chi connectivity index (χ0n) is 17.3. The van der Waals surface area contributed by atoms with Crippen LogP contribution in [0.3, 0.4) is 0 Å². The number of carboxylic acids is 1. The lowest BCUT2D eigenvalue weighted by atomic mass is 9.86. The molecular formula is C23H30F2O6. The molecule has 2 fully saturated rings. The van der Waals surface area contributed by atoms with Crippen molar-refractivity contribution in [2.75, 3.05) is 13.2 Å². The van der Waals surface area contributed by atoms with E-state index in [4.69, 9.17) is 14.6 Å². The number of rotatable bonds is 9. The Balaban J connectivity index is 1.52. The molecule has 2 aliphatic rings. The first-order chi connectivity index (χ1) is 14.8. The van der Waals surface area contributed by atoms with Gasteiger partial charge in [0.15, 0.2) is 17.4 Å². The molecule has 0 radical (unpaired) electrons. The van der Waals surface area contributed by atoms with Gasteiger partial charge < -0.3 is 24.8 Å². The first-order valence-corrected chi connectivity index (χ1v) is 10.8. The van der Waals surface area contributed by atoms with Gasteiger partial charge in [-0.05, 0) is 49.7 Å². The fourth-order valence-corrected chi connectivity index (χ4v) is 4.59. The van der Waals surface area contributed by atoms with Gasteiger partial charge in [-0.15, -0.1) is 0 Å². The molecule has 3 N–H and O–H groups in total. The Morgan fingerprint density at radius 3 is 2.74 bits per heavy atom. The monoisotopic (exact) mass is 440 g/mol. The third-order valence-electron chi connectivity index (χ3n) is 6.22. The minimum Gasteiger partial charge on any atom is -0.485 e. The van der Waals surface area contributed by atoms with Crippen molar-refractivity contribution in [3.8, 4) is 5.75 Å². The topological polar surface area (TPSA) is 96.2 Å². The molecular weight excluding hydrogens is 410 g/mol. The maximum absolute atomic E-state index is 13.6. The molecule has 0 unspecified atom stereocenters. The van der Waals surface area contributed by atoms with Crippen molar-refractivity contribution in [2.24, 2.45) is 17.8 Å². The number of carbonyl (C=O) groups is 1. The quantitative estimate of drug-likeness (QED) is 0.510. The summed E-state index contributed by atoms with van der Waals surface area (Å²) in [6, 6.07) is 3.39. The summed E-state index contributed by atoms with van der Waals surface area (Å²) >= 11 is 0. The Kier molecular flexibility index (Phi) is 8.40. The van der Waals surface area contributed by atoms with Crippen LogP contribution in [0.1, 0.15) is 38.5 Å². The van der Waals surface area contributed by atoms with Gasteiger partial charge >= 0.3 is 5.97 Å². The van der Waals surface area contributed by atoms with Crippen molar-refractivity contribution >= 4 is 5.97 Å². The van der Waals surface area contributed by atoms with Crippen LogP contribution >= 0.6 is 0 Å². The summed E-state index contributed by atoms with van der Waals surface area (Å²) in [5.41, 5.74) is 0. The van der Waals surface area contributed by atoms with Crippen molar-refractivity contribution < 1.29 is 38.4 Å². The first-order valence-electron chi connectivity index (χ1n) is 10.8. The van der Waals surface area contributed by atoms with Gasteiger partial charge in [0.1, 0.15) is 12.7 Å². The predicted octanol–water partition coefficient (Wildman–Crippen LogP) is 3.31. The lowest BCUT2D eigenvalue weighted by Crippen LogP contribution is -2.22. The average Bonchev–Trinajstić information content (AvgIpc) is 2.87. The summed E-state index contributed by atoms with van der Waals surface area (Å²) in [6.07, 6.45) is 5.33. The predicted molar refractivity (Wildman–Crippen MR) is 109 cm³/mol. The van der Waals surface area contributed by atoms with E-state index >= 15 is 0 Å². The Hall–Kier alpha value is -2.03. The van der Waals surface area contributed by atoms with Crippen LogP contribution in [0.5, 0.6) is 5.75 Å². The summed E-state index contributed by atoms with van der Waals surface area (Å²) in [7, 11) is 0. The number of aliphatic hydroxyl groups is 2. The molecule has 3 rings (SSSR count). The molecule has 1 aliphatic carbocycles. The average molecular weight is 440 g/mol. The van der Waals surface area contributed by atoms with Gasteiger partial charge in [-0.25, -0.2) is 8.78 Å². The van der Waals surface area contributed by atoms with Crippen molar-refractivity contribution in [3.63, 3.8) is 0 Å². The Morgan fingerprint density at radius 2 is 2.03 bits per heavy atom. The van der Waals surface area contributed by atoms with E-state index in [-0.39, 0.29) is 31.0 Å². The lowest BCUT2D eigenvalue weighted by Gasteiger charge is -2.21. The standard InChI is InChI=1S/C23H30F2O6/c24-18-4-2-5-19(25)23(18)31-13-15(26)8-10-16-17-9-7-14(3-1-6-22(28)29)12-30-21(17)11-20(16)27/h2,4-5,8,10,14-17,20-21,26-27H,1,3,6-7,9,11-13H2,(H,28,29)/b10-8+/t14-,15+,16+,17+,20+,21-/m0/s1. The molecule has 1 aromatic carbocycles. The Labute approximate surface area is 180 Å². The van der Waals surface area contributed by atoms with Crippen LogP contribution in [0, 0.1) is 29.4 Å². The van der Waals surface area contributed by atoms with E-state index in [1.54, 1.807) is 6.08 Å². The molecule has 0 bridgehead atoms. The van der Waals surface area contributed by atoms with Crippen LogP contribution in [0.25, 0.3) is 0 Å². The smallest absolute Gasteiger partial charge is 0.303 e. The molecule has 0 amide bonds. The second kappa shape index (κ2) is 11.0. The van der Waals surface area contributed by atoms with Gasteiger partial charge in [-0.2, -0.15) is 0 Å². The number of fused-ring (bicyclic) bond motifs is 1. The minimum absolute atomic E-state index is 0.0740. The zero-order chi connectivity index (χ0) is 22.4. The molecule has 6 atom stereocenters. The molecule has 1 aromatic rings. The molecule has 1 saturated heterocycles. The van der Waals surface area contributed by atoms with Gasteiger partial charge in [0.25, 0.3) is 0 Å². The van der Waals surface area contributed by atoms with Gasteiger partial charge in [0, 0.05) is 25.4 Å². The van der Waals surface area contributed by atoms with E-state index in [9.17, 15) is 23.8 Å². The van der Waals surface area contributed by atoms with Gasteiger partial charge in [0.05, 0.1) is 12.2 Å². The van der Waals surface area contributed by atoms with E-state index in [0.717, 1.165) is 31.4 Å². The second-order valence-corrected chi connectivity index (χ2v) is 8.46. The van der Waals surface area contributed by atoms with E-state index < -0.39 is 35.6 Å². The third-order valence-corrected chi connectivity index (χ3v) is 6.22. The minimum atomic E-state index is -1.08. The van der Waals surface area contributed by atoms with Crippen LogP contribution in [0.15, 0.2) is 30.4 Å². The highest BCUT2D eigenvalue weighted by Gasteiger charge is 2.43. The number of carboxylic acid groups (broad SMARTS) is 1. The number of hydrogen-bond donors (Lipinski definition) is 3. The number of aliphatic carboxylic acids is 1. The molecule has 8 heteroatoms. The number of para-hydroxylation sites is 1. The van der Waals surface area contributed by atoms with E-state index in [1.807, 2.05) is 0 Å². The number of benzene rings is 1. The second-order valence-electron chi connectivity index (χ2n) is 8.46. The number of ether oxygens (including phenoxy) is 2. The van der Waals surface area contributed by atoms with Crippen LogP contribution in [-0.2, 0) is 9.53 Å². The lowest BCUT2D eigenvalue weighted by molar-refractivity contribution is -0.137. The fraction of sp³-hybridized carbons (Fsp3) is 0.609. The molecule has 1 aliphatic heterocycles. The van der Waals surface area contributed by atoms with Crippen LogP contribution < -0.4 is 4.74 Å². The normalized spacial score (nSPS) is 29.5. The van der Waals surface area contributed by atoms with Crippen molar-refractivity contribution in [1.29, 1.82) is 0 Å². The van der Waals surface area contributed by atoms with Crippen molar-refractivity contribution in [2.45, 2.75) is 56.8 Å². The van der Waals surface area contributed by atoms with E-state index in [0.29, 0.717) is 25.4 Å². The number of aliphatic hydroxyl groups excluding tert-OH is 2. The third kappa shape index (κ3) is 6.48. The molecule has 0 aromatic heterocycles. The maximum Gasteiger partial charge on any atom is 0.303 e. The van der Waals surface area contributed by atoms with Crippen LogP contribution in [0.4, 0.5) is 8.78 Å². The first kappa shape index (κ1) is 23.6. The molecule has 1 saturated carbocycles. The fourth-order valence-electron chi connectivity index (χ4n) is 4.59. The SMILES string of the molecule is O=C(O)CCC[C@H]1CC[C@@H]2[C@@H](/C=C/[C@@H](O)COc3c(F)cccc3F)[C@H](O)C[C@@H]2OC1. The molecule has 1 heterocycles. The summed E-state index contributed by atoms with van der Waals surface area (Å²) in [6.45, 7) is 0.252. The van der Waals surface area contributed by atoms with Crippen LogP contribution in [-0.4, -0.2) is 52.8 Å². The highest BCUT2D eigenvalue weighted by molar-refractivity contribution is 5.66. The van der Waals surface area contributed by atoms with Crippen molar-refractivity contribution in [1.82, 2.24) is 0 Å². The maximum atomic E-state index is 13.6. The molecule has 0 spiro atoms. The molecule has 31 heavy (non-hydrogen) atoms.